The van der Waals surface area contributed by atoms with Gasteiger partial charge in [0.15, 0.2) is 0 Å². The lowest BCUT2D eigenvalue weighted by atomic mass is 10.4. The number of nitrogens with zero attached hydrogens (tertiary/aromatic N) is 3. The Bertz CT molecular complexity index is 588. The Morgan fingerprint density at radius 2 is 2.26 bits per heavy atom. The van der Waals surface area contributed by atoms with E-state index in [4.69, 9.17) is 4.42 Å². The molecule has 9 heteroatoms. The number of hydrogen-bond acceptors (Lipinski definition) is 6. The van der Waals surface area contributed by atoms with Gasteiger partial charge in [-0.1, -0.05) is 0 Å². The zero-order valence-corrected chi connectivity index (χ0v) is 9.48. The highest BCUT2D eigenvalue weighted by molar-refractivity contribution is 6.02. The van der Waals surface area contributed by atoms with E-state index in [0.29, 0.717) is 0 Å². The molecule has 9 nitrogen and oxygen atoms in total. The minimum absolute atomic E-state index is 0.130. The summed E-state index contributed by atoms with van der Waals surface area (Å²) in [5, 5.41) is 17.1. The zero-order chi connectivity index (χ0) is 13.8. The van der Waals surface area contributed by atoms with E-state index in [0.717, 1.165) is 5.01 Å². The predicted molar refractivity (Wildman–Crippen MR) is 63.1 cm³/mol. The number of hydrogen-bond donors (Lipinski definition) is 1. The molecule has 1 aromatic rings. The van der Waals surface area contributed by atoms with Gasteiger partial charge in [0.2, 0.25) is 5.91 Å². The Hall–Kier alpha value is -2.97. The van der Waals surface area contributed by atoms with Crippen LogP contribution in [0.2, 0.25) is 0 Å². The van der Waals surface area contributed by atoms with E-state index in [2.05, 4.69) is 10.4 Å². The molecule has 0 radical (unpaired) electrons. The number of nitrogens with one attached hydrogen (secondary N) is 1. The molecule has 1 N–H and O–H groups in total. The third-order valence-corrected chi connectivity index (χ3v) is 2.12. The largest absolute Gasteiger partial charge is 0.433 e. The molecule has 0 unspecified atom stereocenters. The molecular formula is C10H8N4O5. The van der Waals surface area contributed by atoms with Crippen LogP contribution in [0.3, 0.4) is 0 Å². The van der Waals surface area contributed by atoms with Crippen molar-refractivity contribution in [3.63, 3.8) is 0 Å². The van der Waals surface area contributed by atoms with Crippen LogP contribution < -0.4 is 5.32 Å². The van der Waals surface area contributed by atoms with Crippen molar-refractivity contribution in [1.29, 1.82) is 0 Å². The first-order chi connectivity index (χ1) is 9.06. The number of carbonyl (C=O) groups excluding carboxylic acids is 2. The Labute approximate surface area is 106 Å². The van der Waals surface area contributed by atoms with Crippen LogP contribution in [0, 0.1) is 10.1 Å². The molecule has 1 aromatic heterocycles. The fourth-order valence-corrected chi connectivity index (χ4v) is 1.31. The van der Waals surface area contributed by atoms with Gasteiger partial charge in [0.1, 0.15) is 17.2 Å². The lowest BCUT2D eigenvalue weighted by Gasteiger charge is -2.02. The minimum Gasteiger partial charge on any atom is -0.401 e. The number of carbonyl (C=O) groups is 2. The Kier molecular flexibility index (Phi) is 3.37. The molecule has 3 amide bonds. The van der Waals surface area contributed by atoms with Gasteiger partial charge in [-0.2, -0.15) is 5.10 Å². The van der Waals surface area contributed by atoms with Crippen molar-refractivity contribution in [1.82, 2.24) is 10.3 Å². The lowest BCUT2D eigenvalue weighted by Crippen LogP contribution is -2.23. The van der Waals surface area contributed by atoms with Gasteiger partial charge < -0.3 is 4.42 Å². The standard InChI is InChI=1S/C10H8N4O5/c15-8-6-13(10(16)12-8)11-5-1-2-7-3-4-9(19-7)14(17)18/h1-5H,6H2,(H,12,15,16)/b2-1-,11-5+. The number of rotatable bonds is 4. The lowest BCUT2D eigenvalue weighted by molar-refractivity contribution is -0.402. The van der Waals surface area contributed by atoms with Crippen molar-refractivity contribution >= 4 is 30.1 Å². The van der Waals surface area contributed by atoms with E-state index in [9.17, 15) is 19.7 Å². The summed E-state index contributed by atoms with van der Waals surface area (Å²) in [4.78, 5) is 31.6. The Morgan fingerprint density at radius 3 is 2.84 bits per heavy atom. The summed E-state index contributed by atoms with van der Waals surface area (Å²) in [7, 11) is 0. The van der Waals surface area contributed by atoms with E-state index >= 15 is 0 Å². The maximum atomic E-state index is 11.1. The van der Waals surface area contributed by atoms with Crippen molar-refractivity contribution in [3.05, 3.63) is 34.1 Å². The van der Waals surface area contributed by atoms with Crippen molar-refractivity contribution < 1.29 is 18.9 Å². The molecule has 0 saturated carbocycles. The summed E-state index contributed by atoms with van der Waals surface area (Å²) >= 11 is 0. The Balaban J connectivity index is 1.94. The van der Waals surface area contributed by atoms with Gasteiger partial charge in [0.25, 0.3) is 0 Å². The Morgan fingerprint density at radius 1 is 1.47 bits per heavy atom. The maximum Gasteiger partial charge on any atom is 0.433 e. The van der Waals surface area contributed by atoms with Crippen molar-refractivity contribution in [2.45, 2.75) is 0 Å². The summed E-state index contributed by atoms with van der Waals surface area (Å²) in [6.07, 6.45) is 4.14. The first kappa shape index (κ1) is 12.5. The SMILES string of the molecule is O=C1CN(/N=C/C=C\c2ccc([N+](=O)[O-])o2)C(=O)N1. The number of nitro groups is 1. The summed E-state index contributed by atoms with van der Waals surface area (Å²) in [6.45, 7) is -0.130. The smallest absolute Gasteiger partial charge is 0.401 e. The highest BCUT2D eigenvalue weighted by Gasteiger charge is 2.25. The summed E-state index contributed by atoms with van der Waals surface area (Å²) in [5.74, 6) is -0.506. The molecule has 0 bridgehead atoms. The molecule has 19 heavy (non-hydrogen) atoms. The molecule has 1 aliphatic heterocycles. The topological polar surface area (TPSA) is 118 Å². The highest BCUT2D eigenvalue weighted by atomic mass is 16.6. The second-order valence-corrected chi connectivity index (χ2v) is 3.47. The van der Waals surface area contributed by atoms with E-state index in [1.54, 1.807) is 0 Å². The molecule has 2 rings (SSSR count). The first-order valence-corrected chi connectivity index (χ1v) is 5.12. The molecular weight excluding hydrogens is 256 g/mol. The van der Waals surface area contributed by atoms with Crippen LogP contribution in [-0.2, 0) is 4.79 Å². The van der Waals surface area contributed by atoms with Crippen molar-refractivity contribution in [3.8, 4) is 0 Å². The van der Waals surface area contributed by atoms with Crippen LogP contribution >= 0.6 is 0 Å². The first-order valence-electron chi connectivity index (χ1n) is 5.12. The zero-order valence-electron chi connectivity index (χ0n) is 9.48. The highest BCUT2D eigenvalue weighted by Crippen LogP contribution is 2.16. The summed E-state index contributed by atoms with van der Waals surface area (Å²) in [6, 6.07) is 2.06. The van der Waals surface area contributed by atoms with Crippen molar-refractivity contribution in [2.24, 2.45) is 5.10 Å². The number of amides is 3. The number of hydrazone groups is 1. The molecule has 0 spiro atoms. The second kappa shape index (κ2) is 5.12. The minimum atomic E-state index is -0.647. The normalized spacial score (nSPS) is 15.7. The molecule has 1 fully saturated rings. The van der Waals surface area contributed by atoms with Gasteiger partial charge in [-0.3, -0.25) is 20.2 Å². The molecule has 2 heterocycles. The van der Waals surface area contributed by atoms with Gasteiger partial charge in [0.05, 0.1) is 6.07 Å². The maximum absolute atomic E-state index is 11.1. The van der Waals surface area contributed by atoms with Crippen LogP contribution in [0.25, 0.3) is 6.08 Å². The quantitative estimate of drug-likeness (QED) is 0.372. The average molecular weight is 264 g/mol. The van der Waals surface area contributed by atoms with Crippen LogP contribution in [0.4, 0.5) is 10.7 Å². The van der Waals surface area contributed by atoms with Gasteiger partial charge in [-0.15, -0.1) is 0 Å². The van der Waals surface area contributed by atoms with Gasteiger partial charge >= 0.3 is 11.9 Å². The van der Waals surface area contributed by atoms with Crippen LogP contribution in [0.15, 0.2) is 27.7 Å². The van der Waals surface area contributed by atoms with E-state index in [1.165, 1.54) is 30.5 Å². The summed E-state index contributed by atoms with van der Waals surface area (Å²) < 4.78 is 4.86. The third kappa shape index (κ3) is 3.03. The van der Waals surface area contributed by atoms with Gasteiger partial charge in [-0.25, -0.2) is 9.80 Å². The summed E-state index contributed by atoms with van der Waals surface area (Å²) in [5.41, 5.74) is 0. The molecule has 0 aromatic carbocycles. The van der Waals surface area contributed by atoms with Gasteiger partial charge in [0, 0.05) is 6.21 Å². The van der Waals surface area contributed by atoms with E-state index in [1.807, 2.05) is 0 Å². The van der Waals surface area contributed by atoms with E-state index < -0.39 is 16.9 Å². The van der Waals surface area contributed by atoms with Crippen molar-refractivity contribution in [2.75, 3.05) is 6.54 Å². The van der Waals surface area contributed by atoms with Gasteiger partial charge in [-0.05, 0) is 18.2 Å². The molecule has 0 aliphatic carbocycles. The number of imide groups is 1. The number of allylic oxidation sites excluding steroid dienone is 1. The van der Waals surface area contributed by atoms with Crippen LogP contribution in [0.1, 0.15) is 5.76 Å². The molecule has 98 valence electrons. The average Bonchev–Trinajstić information content (AvgIpc) is 2.92. The molecule has 0 atom stereocenters. The van der Waals surface area contributed by atoms with E-state index in [-0.39, 0.29) is 18.2 Å². The second-order valence-electron chi connectivity index (χ2n) is 3.47. The van der Waals surface area contributed by atoms with Crippen LogP contribution in [0.5, 0.6) is 0 Å². The predicted octanol–water partition coefficient (Wildman–Crippen LogP) is 0.739. The molecule has 1 saturated heterocycles. The number of furan rings is 1. The monoisotopic (exact) mass is 264 g/mol. The number of urea groups is 1. The molecule has 1 aliphatic rings. The fraction of sp³-hybridized carbons (Fsp3) is 0.100. The third-order valence-electron chi connectivity index (χ3n) is 2.12. The fourth-order valence-electron chi connectivity index (χ4n) is 1.31. The van der Waals surface area contributed by atoms with Crippen LogP contribution in [-0.4, -0.2) is 34.6 Å².